The number of benzene rings is 2. The summed E-state index contributed by atoms with van der Waals surface area (Å²) in [4.78, 5) is 4.17. The molecule has 0 radical (unpaired) electrons. The van der Waals surface area contributed by atoms with Gasteiger partial charge in [0.05, 0.1) is 4.90 Å². The molecule has 0 amide bonds. The zero-order chi connectivity index (χ0) is 13.5. The van der Waals surface area contributed by atoms with Crippen LogP contribution in [0.1, 0.15) is 0 Å². The average molecular weight is 291 g/mol. The minimum absolute atomic E-state index is 0.0722. The maximum atomic E-state index is 11.7. The molecule has 0 spiro atoms. The van der Waals surface area contributed by atoms with E-state index in [0.717, 1.165) is 22.3 Å². The Bertz CT molecular complexity index is 843. The van der Waals surface area contributed by atoms with Crippen molar-refractivity contribution in [2.75, 3.05) is 0 Å². The Morgan fingerprint density at radius 1 is 1.11 bits per heavy atom. The topological polar surface area (TPSA) is 85.9 Å². The van der Waals surface area contributed by atoms with Crippen LogP contribution in [-0.2, 0) is 10.0 Å². The van der Waals surface area contributed by atoms with Crippen molar-refractivity contribution in [3.05, 3.63) is 42.7 Å². The van der Waals surface area contributed by atoms with Crippen molar-refractivity contribution in [3.63, 3.8) is 0 Å². The maximum absolute atomic E-state index is 11.7. The van der Waals surface area contributed by atoms with E-state index in [9.17, 15) is 8.42 Å². The standard InChI is InChI=1S/C12H9N3O2S2/c13-19(16,17)10-6-5-8-3-1-2-4-9(8)11(10)12-14-7-15-18-12/h1-7H,(H2,13,16,17). The van der Waals surface area contributed by atoms with Crippen LogP contribution in [0.5, 0.6) is 0 Å². The molecule has 5 nitrogen and oxygen atoms in total. The molecule has 0 unspecified atom stereocenters. The first kappa shape index (κ1) is 12.2. The van der Waals surface area contributed by atoms with Crippen LogP contribution >= 0.6 is 11.5 Å². The molecule has 3 aromatic rings. The zero-order valence-corrected chi connectivity index (χ0v) is 11.3. The van der Waals surface area contributed by atoms with Gasteiger partial charge in [0, 0.05) is 5.56 Å². The molecule has 96 valence electrons. The third-order valence-corrected chi connectivity index (χ3v) is 4.41. The van der Waals surface area contributed by atoms with E-state index in [1.165, 1.54) is 12.4 Å². The summed E-state index contributed by atoms with van der Waals surface area (Å²) in [5, 5.41) is 7.55. The summed E-state index contributed by atoms with van der Waals surface area (Å²) in [6.45, 7) is 0. The second-order valence-corrected chi connectivity index (χ2v) is 6.26. The fraction of sp³-hybridized carbons (Fsp3) is 0. The van der Waals surface area contributed by atoms with Gasteiger partial charge in [-0.2, -0.15) is 4.37 Å². The number of rotatable bonds is 2. The number of sulfonamides is 1. The molecule has 0 atom stereocenters. The normalized spacial score (nSPS) is 11.8. The highest BCUT2D eigenvalue weighted by molar-refractivity contribution is 7.89. The lowest BCUT2D eigenvalue weighted by atomic mass is 10.1. The van der Waals surface area contributed by atoms with Crippen LogP contribution in [0.3, 0.4) is 0 Å². The highest BCUT2D eigenvalue weighted by atomic mass is 32.2. The number of aromatic nitrogens is 2. The van der Waals surface area contributed by atoms with Crippen LogP contribution < -0.4 is 5.14 Å². The molecule has 0 aliphatic carbocycles. The van der Waals surface area contributed by atoms with E-state index in [1.54, 1.807) is 6.07 Å². The summed E-state index contributed by atoms with van der Waals surface area (Å²) in [7, 11) is -3.81. The second kappa shape index (κ2) is 4.37. The summed E-state index contributed by atoms with van der Waals surface area (Å²) >= 11 is 1.14. The number of nitrogens with two attached hydrogens (primary N) is 1. The quantitative estimate of drug-likeness (QED) is 0.782. The molecule has 1 aromatic heterocycles. The van der Waals surface area contributed by atoms with Gasteiger partial charge in [0.25, 0.3) is 0 Å². The fourth-order valence-electron chi connectivity index (χ4n) is 1.99. The minimum atomic E-state index is -3.81. The Hall–Kier alpha value is -1.83. The summed E-state index contributed by atoms with van der Waals surface area (Å²) in [6.07, 6.45) is 1.40. The summed E-state index contributed by atoms with van der Waals surface area (Å²) in [6, 6.07) is 10.7. The summed E-state index contributed by atoms with van der Waals surface area (Å²) in [5.41, 5.74) is 0.517. The molecule has 19 heavy (non-hydrogen) atoms. The Morgan fingerprint density at radius 3 is 2.58 bits per heavy atom. The molecule has 1 heterocycles. The van der Waals surface area contributed by atoms with Gasteiger partial charge in [0.1, 0.15) is 11.3 Å². The lowest BCUT2D eigenvalue weighted by Crippen LogP contribution is -2.13. The van der Waals surface area contributed by atoms with Gasteiger partial charge in [-0.05, 0) is 28.4 Å². The number of nitrogens with zero attached hydrogens (tertiary/aromatic N) is 2. The van der Waals surface area contributed by atoms with E-state index in [1.807, 2.05) is 24.3 Å². The molecular weight excluding hydrogens is 282 g/mol. The molecule has 0 aliphatic rings. The van der Waals surface area contributed by atoms with E-state index in [0.29, 0.717) is 10.6 Å². The third-order valence-electron chi connectivity index (χ3n) is 2.77. The van der Waals surface area contributed by atoms with E-state index >= 15 is 0 Å². The molecule has 0 saturated carbocycles. The van der Waals surface area contributed by atoms with Gasteiger partial charge in [0.15, 0.2) is 0 Å². The predicted octanol–water partition coefficient (Wildman–Crippen LogP) is 2.01. The van der Waals surface area contributed by atoms with Crippen molar-refractivity contribution >= 4 is 32.3 Å². The second-order valence-electron chi connectivity index (χ2n) is 3.95. The molecule has 0 fully saturated rings. The Balaban J connectivity index is 2.49. The molecule has 0 bridgehead atoms. The Morgan fingerprint density at radius 2 is 1.89 bits per heavy atom. The van der Waals surface area contributed by atoms with Crippen molar-refractivity contribution in [2.45, 2.75) is 4.90 Å². The first-order chi connectivity index (χ1) is 9.07. The number of fused-ring (bicyclic) bond motifs is 1. The van der Waals surface area contributed by atoms with E-state index < -0.39 is 10.0 Å². The largest absolute Gasteiger partial charge is 0.238 e. The molecule has 7 heteroatoms. The molecule has 2 aromatic carbocycles. The molecule has 3 rings (SSSR count). The van der Waals surface area contributed by atoms with E-state index in [4.69, 9.17) is 5.14 Å². The Labute approximate surface area is 113 Å². The fourth-order valence-corrected chi connectivity index (χ4v) is 3.41. The van der Waals surface area contributed by atoms with E-state index in [2.05, 4.69) is 9.36 Å². The van der Waals surface area contributed by atoms with Crippen LogP contribution in [0, 0.1) is 0 Å². The van der Waals surface area contributed by atoms with Crippen molar-refractivity contribution < 1.29 is 8.42 Å². The lowest BCUT2D eigenvalue weighted by Gasteiger charge is -2.08. The molecule has 2 N–H and O–H groups in total. The molecular formula is C12H9N3O2S2. The third kappa shape index (κ3) is 2.12. The molecule has 0 aliphatic heterocycles. The summed E-state index contributed by atoms with van der Waals surface area (Å²) < 4.78 is 27.4. The number of hydrogen-bond donors (Lipinski definition) is 1. The zero-order valence-electron chi connectivity index (χ0n) is 9.65. The van der Waals surface area contributed by atoms with Crippen LogP contribution in [0.2, 0.25) is 0 Å². The van der Waals surface area contributed by atoms with Gasteiger partial charge in [-0.3, -0.25) is 0 Å². The number of hydrogen-bond acceptors (Lipinski definition) is 5. The van der Waals surface area contributed by atoms with Crippen molar-refractivity contribution in [1.82, 2.24) is 9.36 Å². The van der Waals surface area contributed by atoms with Crippen LogP contribution in [0.4, 0.5) is 0 Å². The van der Waals surface area contributed by atoms with Crippen molar-refractivity contribution in [3.8, 4) is 10.6 Å². The van der Waals surface area contributed by atoms with Gasteiger partial charge in [-0.25, -0.2) is 18.5 Å². The van der Waals surface area contributed by atoms with Gasteiger partial charge in [-0.15, -0.1) is 0 Å². The average Bonchev–Trinajstić information content (AvgIpc) is 2.89. The van der Waals surface area contributed by atoms with Crippen molar-refractivity contribution in [2.24, 2.45) is 5.14 Å². The smallest absolute Gasteiger partial charge is 0.225 e. The number of primary sulfonamides is 1. The van der Waals surface area contributed by atoms with Gasteiger partial charge >= 0.3 is 0 Å². The lowest BCUT2D eigenvalue weighted by molar-refractivity contribution is 0.598. The van der Waals surface area contributed by atoms with E-state index in [-0.39, 0.29) is 4.90 Å². The highest BCUT2D eigenvalue weighted by Gasteiger charge is 2.19. The van der Waals surface area contributed by atoms with Crippen molar-refractivity contribution in [1.29, 1.82) is 0 Å². The van der Waals surface area contributed by atoms with Crippen LogP contribution in [0.25, 0.3) is 21.3 Å². The predicted molar refractivity (Wildman–Crippen MR) is 74.2 cm³/mol. The molecule has 0 saturated heterocycles. The van der Waals surface area contributed by atoms with Crippen LogP contribution in [0.15, 0.2) is 47.6 Å². The van der Waals surface area contributed by atoms with Gasteiger partial charge in [0.2, 0.25) is 10.0 Å². The highest BCUT2D eigenvalue weighted by Crippen LogP contribution is 2.34. The minimum Gasteiger partial charge on any atom is -0.225 e. The first-order valence-corrected chi connectivity index (χ1v) is 7.71. The van der Waals surface area contributed by atoms with Gasteiger partial charge < -0.3 is 0 Å². The monoisotopic (exact) mass is 291 g/mol. The first-order valence-electron chi connectivity index (χ1n) is 5.39. The SMILES string of the molecule is NS(=O)(=O)c1ccc2ccccc2c1-c1ncns1. The maximum Gasteiger partial charge on any atom is 0.238 e. The summed E-state index contributed by atoms with van der Waals surface area (Å²) in [5.74, 6) is 0. The van der Waals surface area contributed by atoms with Crippen LogP contribution in [-0.4, -0.2) is 17.8 Å². The Kier molecular flexibility index (Phi) is 2.81. The van der Waals surface area contributed by atoms with Gasteiger partial charge in [-0.1, -0.05) is 30.3 Å².